The van der Waals surface area contributed by atoms with Crippen LogP contribution in [0, 0.1) is 5.92 Å². The van der Waals surface area contributed by atoms with Gasteiger partial charge >= 0.3 is 11.9 Å². The highest BCUT2D eigenvalue weighted by Gasteiger charge is 2.29. The van der Waals surface area contributed by atoms with E-state index in [1.807, 2.05) is 6.92 Å². The van der Waals surface area contributed by atoms with Crippen molar-refractivity contribution in [3.63, 3.8) is 0 Å². The van der Waals surface area contributed by atoms with Crippen molar-refractivity contribution in [2.45, 2.75) is 19.8 Å². The fraction of sp³-hybridized carbons (Fsp3) is 0.700. The van der Waals surface area contributed by atoms with E-state index in [2.05, 4.69) is 22.3 Å². The van der Waals surface area contributed by atoms with Crippen molar-refractivity contribution in [2.24, 2.45) is 5.92 Å². The van der Waals surface area contributed by atoms with Gasteiger partial charge in [-0.1, -0.05) is 32.0 Å². The molecule has 0 saturated carbocycles. The zero-order valence-corrected chi connectivity index (χ0v) is 11.8. The standard InChI is InChI=1S/C10H17NO4S2/c1-4-5-11(17)9(16)7(10(13)15-3)6-8(12)14-2/h7,17H,4-6H2,1-3H3. The monoisotopic (exact) mass is 279 g/mol. The summed E-state index contributed by atoms with van der Waals surface area (Å²) in [5.41, 5.74) is 0. The first-order chi connectivity index (χ1) is 7.97. The lowest BCUT2D eigenvalue weighted by atomic mass is 10.1. The Bertz CT molecular complexity index is 296. The van der Waals surface area contributed by atoms with Crippen molar-refractivity contribution >= 4 is 42.0 Å². The number of thiocarbonyl (C=S) groups is 1. The second kappa shape index (κ2) is 8.30. The zero-order valence-electron chi connectivity index (χ0n) is 10.1. The molecule has 7 heteroatoms. The summed E-state index contributed by atoms with van der Waals surface area (Å²) in [6.07, 6.45) is 0.693. The van der Waals surface area contributed by atoms with Crippen molar-refractivity contribution in [3.05, 3.63) is 0 Å². The number of esters is 2. The predicted octanol–water partition coefficient (Wildman–Crippen LogP) is 1.22. The van der Waals surface area contributed by atoms with Crippen LogP contribution in [-0.4, -0.2) is 42.0 Å². The van der Waals surface area contributed by atoms with Gasteiger partial charge in [0.1, 0.15) is 10.9 Å². The van der Waals surface area contributed by atoms with Crippen molar-refractivity contribution in [2.75, 3.05) is 20.8 Å². The highest BCUT2D eigenvalue weighted by Crippen LogP contribution is 2.15. The van der Waals surface area contributed by atoms with Gasteiger partial charge in [-0.05, 0) is 6.42 Å². The molecule has 5 nitrogen and oxygen atoms in total. The van der Waals surface area contributed by atoms with Crippen LogP contribution < -0.4 is 0 Å². The van der Waals surface area contributed by atoms with E-state index < -0.39 is 17.9 Å². The maximum absolute atomic E-state index is 11.5. The van der Waals surface area contributed by atoms with E-state index in [4.69, 9.17) is 12.2 Å². The van der Waals surface area contributed by atoms with E-state index >= 15 is 0 Å². The summed E-state index contributed by atoms with van der Waals surface area (Å²) in [7, 11) is 2.50. The third-order valence-electron chi connectivity index (χ3n) is 2.07. The smallest absolute Gasteiger partial charge is 0.316 e. The second-order valence-corrected chi connectivity index (χ2v) is 4.22. The normalized spacial score (nSPS) is 11.5. The summed E-state index contributed by atoms with van der Waals surface area (Å²) in [5.74, 6) is -1.90. The number of hydrogen-bond donors (Lipinski definition) is 1. The summed E-state index contributed by atoms with van der Waals surface area (Å²) in [6.45, 7) is 2.55. The SMILES string of the molecule is CCCN(S)C(=S)C(CC(=O)OC)C(=O)OC. The molecule has 0 aliphatic carbocycles. The van der Waals surface area contributed by atoms with Gasteiger partial charge in [-0.15, -0.1) is 0 Å². The lowest BCUT2D eigenvalue weighted by Crippen LogP contribution is -2.35. The topological polar surface area (TPSA) is 55.8 Å². The molecule has 0 aliphatic heterocycles. The molecule has 0 aromatic carbocycles. The molecule has 0 amide bonds. The molecule has 0 bridgehead atoms. The number of nitrogens with zero attached hydrogens (tertiary/aromatic N) is 1. The molecule has 1 atom stereocenters. The first-order valence-electron chi connectivity index (χ1n) is 5.12. The van der Waals surface area contributed by atoms with Crippen LogP contribution in [0.5, 0.6) is 0 Å². The van der Waals surface area contributed by atoms with Gasteiger partial charge in [0.2, 0.25) is 0 Å². The van der Waals surface area contributed by atoms with Crippen LogP contribution in [-0.2, 0) is 19.1 Å². The molecule has 0 spiro atoms. The molecule has 1 unspecified atom stereocenters. The van der Waals surface area contributed by atoms with Crippen LogP contribution >= 0.6 is 25.0 Å². The van der Waals surface area contributed by atoms with Crippen molar-refractivity contribution in [1.82, 2.24) is 4.31 Å². The molecular formula is C10H17NO4S2. The van der Waals surface area contributed by atoms with Gasteiger partial charge in [0, 0.05) is 6.54 Å². The molecule has 17 heavy (non-hydrogen) atoms. The minimum absolute atomic E-state index is 0.136. The minimum atomic E-state index is -0.827. The first kappa shape index (κ1) is 16.2. The van der Waals surface area contributed by atoms with E-state index in [1.165, 1.54) is 18.5 Å². The van der Waals surface area contributed by atoms with Crippen molar-refractivity contribution < 1.29 is 19.1 Å². The van der Waals surface area contributed by atoms with E-state index in [0.29, 0.717) is 6.54 Å². The van der Waals surface area contributed by atoms with Crippen LogP contribution in [0.15, 0.2) is 0 Å². The lowest BCUT2D eigenvalue weighted by Gasteiger charge is -2.22. The van der Waals surface area contributed by atoms with Gasteiger partial charge < -0.3 is 13.8 Å². The molecule has 0 fully saturated rings. The van der Waals surface area contributed by atoms with Gasteiger partial charge in [-0.2, -0.15) is 0 Å². The van der Waals surface area contributed by atoms with E-state index in [9.17, 15) is 9.59 Å². The van der Waals surface area contributed by atoms with Gasteiger partial charge in [-0.25, -0.2) is 0 Å². The Morgan fingerprint density at radius 2 is 1.94 bits per heavy atom. The highest BCUT2D eigenvalue weighted by molar-refractivity contribution is 7.84. The number of rotatable bonds is 6. The first-order valence-corrected chi connectivity index (χ1v) is 5.93. The number of carbonyl (C=O) groups excluding carboxylic acids is 2. The van der Waals surface area contributed by atoms with E-state index in [-0.39, 0.29) is 11.4 Å². The summed E-state index contributed by atoms with van der Waals surface area (Å²) in [5, 5.41) is 0. The number of thiol groups is 1. The Morgan fingerprint density at radius 1 is 1.35 bits per heavy atom. The predicted molar refractivity (Wildman–Crippen MR) is 70.7 cm³/mol. The molecule has 0 radical (unpaired) electrons. The molecule has 0 aromatic heterocycles. The van der Waals surface area contributed by atoms with Crippen LogP contribution in [0.2, 0.25) is 0 Å². The third-order valence-corrected chi connectivity index (χ3v) is 3.13. The second-order valence-electron chi connectivity index (χ2n) is 3.32. The van der Waals surface area contributed by atoms with Crippen LogP contribution in [0.3, 0.4) is 0 Å². The largest absolute Gasteiger partial charge is 0.469 e. The van der Waals surface area contributed by atoms with E-state index in [1.54, 1.807) is 0 Å². The minimum Gasteiger partial charge on any atom is -0.469 e. The van der Waals surface area contributed by atoms with Gasteiger partial charge in [0.05, 0.1) is 20.6 Å². The summed E-state index contributed by atoms with van der Waals surface area (Å²) < 4.78 is 10.6. The maximum atomic E-state index is 11.5. The molecule has 0 rings (SSSR count). The van der Waals surface area contributed by atoms with Crippen molar-refractivity contribution in [3.8, 4) is 0 Å². The molecular weight excluding hydrogens is 262 g/mol. The van der Waals surface area contributed by atoms with Gasteiger partial charge in [-0.3, -0.25) is 9.59 Å². The quantitative estimate of drug-likeness (QED) is 0.448. The van der Waals surface area contributed by atoms with Gasteiger partial charge in [0.25, 0.3) is 0 Å². The Labute approximate surface area is 112 Å². The molecule has 0 aliphatic rings. The van der Waals surface area contributed by atoms with Gasteiger partial charge in [0.15, 0.2) is 0 Å². The molecule has 0 N–H and O–H groups in total. The Balaban J connectivity index is 4.73. The molecule has 0 aromatic rings. The van der Waals surface area contributed by atoms with E-state index in [0.717, 1.165) is 6.42 Å². The van der Waals surface area contributed by atoms with Crippen LogP contribution in [0.4, 0.5) is 0 Å². The fourth-order valence-electron chi connectivity index (χ4n) is 1.17. The Hall–Kier alpha value is -0.820. The average Bonchev–Trinajstić information content (AvgIpc) is 2.34. The number of hydrogen-bond acceptors (Lipinski definition) is 6. The molecule has 0 heterocycles. The third kappa shape index (κ3) is 5.36. The number of methoxy groups -OCH3 is 2. The number of ether oxygens (including phenoxy) is 2. The molecule has 0 saturated heterocycles. The van der Waals surface area contributed by atoms with Crippen LogP contribution in [0.25, 0.3) is 0 Å². The fourth-order valence-corrected chi connectivity index (χ4v) is 1.78. The van der Waals surface area contributed by atoms with Crippen LogP contribution in [0.1, 0.15) is 19.8 Å². The summed E-state index contributed by atoms with van der Waals surface area (Å²) in [4.78, 5) is 23.0. The number of carbonyl (C=O) groups is 2. The maximum Gasteiger partial charge on any atom is 0.316 e. The average molecular weight is 279 g/mol. The van der Waals surface area contributed by atoms with Crippen molar-refractivity contribution in [1.29, 1.82) is 0 Å². The molecule has 98 valence electrons. The Morgan fingerprint density at radius 3 is 2.35 bits per heavy atom. The zero-order chi connectivity index (χ0) is 13.4. The Kier molecular flexibility index (Phi) is 7.90. The summed E-state index contributed by atoms with van der Waals surface area (Å²) >= 11 is 9.28. The summed E-state index contributed by atoms with van der Waals surface area (Å²) in [6, 6.07) is 0. The highest BCUT2D eigenvalue weighted by atomic mass is 32.1. The lowest BCUT2D eigenvalue weighted by molar-refractivity contribution is -0.149.